The molecule has 0 saturated carbocycles. The molecule has 1 aliphatic heterocycles. The summed E-state index contributed by atoms with van der Waals surface area (Å²) in [7, 11) is 1.68. The second-order valence-electron chi connectivity index (χ2n) is 9.15. The summed E-state index contributed by atoms with van der Waals surface area (Å²) in [5.74, 6) is 1.41. The van der Waals surface area contributed by atoms with Crippen molar-refractivity contribution in [2.75, 3.05) is 12.1 Å². The minimum atomic E-state index is -0.0406. The maximum absolute atomic E-state index is 5.35. The molecule has 1 aliphatic rings. The van der Waals surface area contributed by atoms with Crippen LogP contribution >= 0.6 is 15.9 Å². The van der Waals surface area contributed by atoms with E-state index in [1.165, 1.54) is 5.56 Å². The first kappa shape index (κ1) is 23.4. The van der Waals surface area contributed by atoms with Crippen LogP contribution in [0.25, 0.3) is 22.2 Å². The van der Waals surface area contributed by atoms with Gasteiger partial charge >= 0.3 is 0 Å². The van der Waals surface area contributed by atoms with Crippen LogP contribution in [-0.4, -0.2) is 22.8 Å². The average Bonchev–Trinajstić information content (AvgIpc) is 3.39. The first-order valence-corrected chi connectivity index (χ1v) is 13.0. The Kier molecular flexibility index (Phi) is 6.18. The summed E-state index contributed by atoms with van der Waals surface area (Å²) >= 11 is 3.64. The van der Waals surface area contributed by atoms with E-state index >= 15 is 0 Å². The Bertz CT molecular complexity index is 1620. The fourth-order valence-corrected chi connectivity index (χ4v) is 5.19. The zero-order chi connectivity index (χ0) is 25.4. The highest BCUT2D eigenvalue weighted by molar-refractivity contribution is 9.10. The number of methoxy groups -OCH3 is 1. The number of hydrogen-bond acceptors (Lipinski definition) is 5. The van der Waals surface area contributed by atoms with Gasteiger partial charge in [0.05, 0.1) is 30.1 Å². The van der Waals surface area contributed by atoms with Crippen molar-refractivity contribution < 1.29 is 4.74 Å². The molecular weight excluding hydrogens is 524 g/mol. The predicted octanol–water partition coefficient (Wildman–Crippen LogP) is 7.73. The Morgan fingerprint density at radius 1 is 0.838 bits per heavy atom. The highest BCUT2D eigenvalue weighted by Gasteiger charge is 2.32. The van der Waals surface area contributed by atoms with Crippen molar-refractivity contribution in [3.05, 3.63) is 118 Å². The van der Waals surface area contributed by atoms with E-state index in [1.807, 2.05) is 41.4 Å². The number of nitrogens with zero attached hydrogens (tertiary/aromatic N) is 4. The van der Waals surface area contributed by atoms with Crippen molar-refractivity contribution in [1.29, 1.82) is 0 Å². The van der Waals surface area contributed by atoms with E-state index in [4.69, 9.17) is 19.8 Å². The molecule has 1 unspecified atom stereocenters. The van der Waals surface area contributed by atoms with Crippen LogP contribution in [0.5, 0.6) is 5.75 Å². The Morgan fingerprint density at radius 3 is 2.41 bits per heavy atom. The first-order valence-electron chi connectivity index (χ1n) is 12.2. The Hall–Kier alpha value is -4.03. The van der Waals surface area contributed by atoms with Crippen molar-refractivity contribution in [2.45, 2.75) is 19.4 Å². The van der Waals surface area contributed by atoms with Crippen molar-refractivity contribution >= 4 is 38.5 Å². The lowest BCUT2D eigenvalue weighted by atomic mass is 9.98. The van der Waals surface area contributed by atoms with Crippen molar-refractivity contribution in [3.63, 3.8) is 0 Å². The van der Waals surface area contributed by atoms with E-state index in [-0.39, 0.29) is 6.04 Å². The third kappa shape index (κ3) is 4.60. The average molecular weight is 549 g/mol. The number of ether oxygens (including phenoxy) is 1. The van der Waals surface area contributed by atoms with Crippen LogP contribution in [0.2, 0.25) is 0 Å². The van der Waals surface area contributed by atoms with Crippen LogP contribution in [0.3, 0.4) is 0 Å². The first-order chi connectivity index (χ1) is 18.1. The normalized spacial score (nSPS) is 15.2. The van der Waals surface area contributed by atoms with E-state index in [0.29, 0.717) is 5.95 Å². The standard InChI is InChI=1S/C31H25BrN4O/c1-20-11-16-27-26(17-20)30(22-7-4-3-5-8-22)34-31(33-27)36-29(23-9-6-10-24(32)18-23)19-28(35-36)21-12-14-25(37-2)15-13-21/h3-18,29H,19H2,1-2H3. The number of fused-ring (bicyclic) bond motifs is 1. The number of benzene rings is 4. The van der Waals surface area contributed by atoms with Gasteiger partial charge in [-0.1, -0.05) is 70.0 Å². The van der Waals surface area contributed by atoms with Crippen LogP contribution in [0.4, 0.5) is 5.95 Å². The summed E-state index contributed by atoms with van der Waals surface area (Å²) in [5, 5.41) is 8.11. The largest absolute Gasteiger partial charge is 0.497 e. The SMILES string of the molecule is COc1ccc(C2=NN(c3nc(-c4ccccc4)c4cc(C)ccc4n3)C(c3cccc(Br)c3)C2)cc1. The van der Waals surface area contributed by atoms with Crippen LogP contribution in [0.1, 0.15) is 29.2 Å². The third-order valence-corrected chi connectivity index (χ3v) is 7.15. The molecule has 0 radical (unpaired) electrons. The summed E-state index contributed by atoms with van der Waals surface area (Å²) in [6, 6.07) is 33.0. The zero-order valence-electron chi connectivity index (χ0n) is 20.6. The molecule has 6 heteroatoms. The lowest BCUT2D eigenvalue weighted by molar-refractivity contribution is 0.415. The van der Waals surface area contributed by atoms with Gasteiger partial charge in [-0.25, -0.2) is 15.0 Å². The molecule has 37 heavy (non-hydrogen) atoms. The van der Waals surface area contributed by atoms with Crippen molar-refractivity contribution in [1.82, 2.24) is 9.97 Å². The smallest absolute Gasteiger partial charge is 0.247 e. The summed E-state index contributed by atoms with van der Waals surface area (Å²) in [5.41, 5.74) is 7.23. The topological polar surface area (TPSA) is 50.6 Å². The molecule has 182 valence electrons. The molecule has 0 saturated heterocycles. The fraction of sp³-hybridized carbons (Fsp3) is 0.129. The number of aromatic nitrogens is 2. The fourth-order valence-electron chi connectivity index (χ4n) is 4.77. The maximum Gasteiger partial charge on any atom is 0.247 e. The van der Waals surface area contributed by atoms with Gasteiger partial charge in [0.25, 0.3) is 0 Å². The van der Waals surface area contributed by atoms with Gasteiger partial charge in [0.15, 0.2) is 0 Å². The number of rotatable bonds is 5. The van der Waals surface area contributed by atoms with Gasteiger partial charge in [-0.05, 0) is 66.6 Å². The molecule has 5 nitrogen and oxygen atoms in total. The lowest BCUT2D eigenvalue weighted by Gasteiger charge is -2.23. The van der Waals surface area contributed by atoms with Gasteiger partial charge in [-0.2, -0.15) is 5.10 Å². The Balaban J connectivity index is 1.52. The molecule has 0 amide bonds. The van der Waals surface area contributed by atoms with Gasteiger partial charge in [0, 0.05) is 21.8 Å². The second-order valence-corrected chi connectivity index (χ2v) is 10.1. The number of anilines is 1. The minimum absolute atomic E-state index is 0.0406. The van der Waals surface area contributed by atoms with Crippen LogP contribution in [-0.2, 0) is 0 Å². The number of halogens is 1. The summed E-state index contributed by atoms with van der Waals surface area (Å²) in [4.78, 5) is 10.1. The van der Waals surface area contributed by atoms with E-state index in [9.17, 15) is 0 Å². The quantitative estimate of drug-likeness (QED) is 0.225. The molecule has 1 aromatic heterocycles. The number of hydrogen-bond donors (Lipinski definition) is 0. The molecule has 0 spiro atoms. The molecule has 0 aliphatic carbocycles. The predicted molar refractivity (Wildman–Crippen MR) is 153 cm³/mol. The summed E-state index contributed by atoms with van der Waals surface area (Å²) in [6.45, 7) is 2.09. The Morgan fingerprint density at radius 2 is 1.65 bits per heavy atom. The molecular formula is C31H25BrN4O. The molecule has 0 fully saturated rings. The van der Waals surface area contributed by atoms with Gasteiger partial charge < -0.3 is 4.74 Å². The van der Waals surface area contributed by atoms with Crippen LogP contribution in [0, 0.1) is 6.92 Å². The van der Waals surface area contributed by atoms with Gasteiger partial charge in [-0.3, -0.25) is 0 Å². The number of aryl methyl sites for hydroxylation is 1. The molecule has 4 aromatic carbocycles. The molecule has 0 bridgehead atoms. The monoisotopic (exact) mass is 548 g/mol. The van der Waals surface area contributed by atoms with Gasteiger partial charge in [0.1, 0.15) is 5.75 Å². The maximum atomic E-state index is 5.35. The molecule has 0 N–H and O–H groups in total. The summed E-state index contributed by atoms with van der Waals surface area (Å²) in [6.07, 6.45) is 0.735. The van der Waals surface area contributed by atoms with Crippen LogP contribution in [0.15, 0.2) is 107 Å². The zero-order valence-corrected chi connectivity index (χ0v) is 22.2. The second kappa shape index (κ2) is 9.79. The van der Waals surface area contributed by atoms with Gasteiger partial charge in [0.2, 0.25) is 5.95 Å². The van der Waals surface area contributed by atoms with Crippen molar-refractivity contribution in [3.8, 4) is 17.0 Å². The Labute approximate surface area is 224 Å². The lowest BCUT2D eigenvalue weighted by Crippen LogP contribution is -2.21. The van der Waals surface area contributed by atoms with E-state index in [1.54, 1.807) is 7.11 Å². The summed E-state index contributed by atoms with van der Waals surface area (Å²) < 4.78 is 6.39. The van der Waals surface area contributed by atoms with Crippen LogP contribution < -0.4 is 9.75 Å². The van der Waals surface area contributed by atoms with Gasteiger partial charge in [-0.15, -0.1) is 0 Å². The van der Waals surface area contributed by atoms with Crippen molar-refractivity contribution in [2.24, 2.45) is 5.10 Å². The molecule has 2 heterocycles. The van der Waals surface area contributed by atoms with E-state index < -0.39 is 0 Å². The minimum Gasteiger partial charge on any atom is -0.497 e. The number of hydrazone groups is 1. The third-order valence-electron chi connectivity index (χ3n) is 6.66. The molecule has 6 rings (SSSR count). The molecule has 5 aromatic rings. The highest BCUT2D eigenvalue weighted by atomic mass is 79.9. The molecule has 1 atom stereocenters. The highest BCUT2D eigenvalue weighted by Crippen LogP contribution is 2.38. The van der Waals surface area contributed by atoms with E-state index in [0.717, 1.165) is 55.6 Å². The van der Waals surface area contributed by atoms with E-state index in [2.05, 4.69) is 83.5 Å².